The summed E-state index contributed by atoms with van der Waals surface area (Å²) >= 11 is 0. The van der Waals surface area contributed by atoms with Crippen molar-refractivity contribution >= 4 is 11.9 Å². The van der Waals surface area contributed by atoms with Gasteiger partial charge in [0.2, 0.25) is 0 Å². The fourth-order valence-electron chi connectivity index (χ4n) is 2.63. The molecule has 1 heterocycles. The molecule has 23 heavy (non-hydrogen) atoms. The molecule has 0 bridgehead atoms. The molecule has 5 nitrogen and oxygen atoms in total. The number of cyclic esters (lactones) is 2. The van der Waals surface area contributed by atoms with E-state index in [0.717, 1.165) is 31.4 Å². The fraction of sp³-hybridized carbons (Fsp3) is 0.556. The van der Waals surface area contributed by atoms with E-state index in [1.807, 2.05) is 12.1 Å². The van der Waals surface area contributed by atoms with Crippen molar-refractivity contribution in [2.75, 3.05) is 7.11 Å². The quantitative estimate of drug-likeness (QED) is 0.438. The summed E-state index contributed by atoms with van der Waals surface area (Å²) < 4.78 is 15.3. The molecule has 0 saturated carbocycles. The molecule has 2 rings (SSSR count). The number of rotatable bonds is 7. The lowest BCUT2D eigenvalue weighted by Crippen LogP contribution is -2.46. The number of hydrogen-bond donors (Lipinski definition) is 0. The minimum absolute atomic E-state index is 0.471. The fourth-order valence-corrected chi connectivity index (χ4v) is 2.63. The lowest BCUT2D eigenvalue weighted by molar-refractivity contribution is -0.240. The van der Waals surface area contributed by atoms with Crippen molar-refractivity contribution in [3.8, 4) is 5.75 Å². The second kappa shape index (κ2) is 7.49. The Morgan fingerprint density at radius 2 is 1.61 bits per heavy atom. The maximum atomic E-state index is 11.8. The van der Waals surface area contributed by atoms with E-state index in [1.54, 1.807) is 21.0 Å². The average molecular weight is 320 g/mol. The summed E-state index contributed by atoms with van der Waals surface area (Å²) in [6, 6.07) is 8.00. The molecule has 0 N–H and O–H groups in total. The third kappa shape index (κ3) is 4.98. The van der Waals surface area contributed by atoms with Crippen LogP contribution in [0.1, 0.15) is 45.1 Å². The van der Waals surface area contributed by atoms with Crippen molar-refractivity contribution in [1.82, 2.24) is 0 Å². The van der Waals surface area contributed by atoms with Crippen LogP contribution in [0.25, 0.3) is 0 Å². The van der Waals surface area contributed by atoms with Crippen LogP contribution in [0.4, 0.5) is 0 Å². The topological polar surface area (TPSA) is 61.8 Å². The normalized spacial score (nSPS) is 17.5. The highest BCUT2D eigenvalue weighted by atomic mass is 16.7. The van der Waals surface area contributed by atoms with Crippen LogP contribution in [0.5, 0.6) is 5.75 Å². The molecule has 0 unspecified atom stereocenters. The van der Waals surface area contributed by atoms with Crippen LogP contribution < -0.4 is 4.74 Å². The Labute approximate surface area is 136 Å². The monoisotopic (exact) mass is 320 g/mol. The molecule has 1 aliphatic rings. The summed E-state index contributed by atoms with van der Waals surface area (Å²) in [5.41, 5.74) is 1.25. The van der Waals surface area contributed by atoms with Gasteiger partial charge in [0, 0.05) is 13.8 Å². The SMILES string of the molecule is COc1ccc(CCCCCC2C(=O)OC(C)(C)OC2=O)cc1. The number of ether oxygens (including phenoxy) is 3. The van der Waals surface area contributed by atoms with Gasteiger partial charge in [0.05, 0.1) is 7.11 Å². The van der Waals surface area contributed by atoms with E-state index in [2.05, 4.69) is 12.1 Å². The van der Waals surface area contributed by atoms with E-state index in [9.17, 15) is 9.59 Å². The molecule has 1 aliphatic heterocycles. The van der Waals surface area contributed by atoms with E-state index in [4.69, 9.17) is 14.2 Å². The molecular formula is C18H24O5. The molecule has 0 atom stereocenters. The average Bonchev–Trinajstić information content (AvgIpc) is 2.49. The van der Waals surface area contributed by atoms with E-state index in [-0.39, 0.29) is 0 Å². The van der Waals surface area contributed by atoms with E-state index in [0.29, 0.717) is 6.42 Å². The summed E-state index contributed by atoms with van der Waals surface area (Å²) in [7, 11) is 1.65. The van der Waals surface area contributed by atoms with Crippen molar-refractivity contribution in [2.45, 2.75) is 51.7 Å². The molecule has 0 amide bonds. The van der Waals surface area contributed by atoms with Gasteiger partial charge >= 0.3 is 11.9 Å². The Bertz CT molecular complexity index is 527. The maximum absolute atomic E-state index is 11.8. The lowest BCUT2D eigenvalue weighted by atomic mass is 9.98. The van der Waals surface area contributed by atoms with Gasteiger partial charge in [-0.2, -0.15) is 0 Å². The molecule has 0 aliphatic carbocycles. The molecule has 1 aromatic rings. The van der Waals surface area contributed by atoms with E-state index in [1.165, 1.54) is 5.56 Å². The van der Waals surface area contributed by atoms with Crippen molar-refractivity contribution in [3.05, 3.63) is 29.8 Å². The first kappa shape index (κ1) is 17.3. The second-order valence-corrected chi connectivity index (χ2v) is 6.24. The van der Waals surface area contributed by atoms with Crippen LogP contribution in [0.15, 0.2) is 24.3 Å². The summed E-state index contributed by atoms with van der Waals surface area (Å²) in [6.07, 6.45) is 4.21. The number of hydrogen-bond acceptors (Lipinski definition) is 5. The Morgan fingerprint density at radius 3 is 2.17 bits per heavy atom. The standard InChI is InChI=1S/C18H24O5/c1-18(2)22-16(19)15(17(20)23-18)8-6-4-5-7-13-9-11-14(21-3)12-10-13/h9-12,15H,4-8H2,1-3H3. The number of methoxy groups -OCH3 is 1. The van der Waals surface area contributed by atoms with E-state index >= 15 is 0 Å². The van der Waals surface area contributed by atoms with Gasteiger partial charge in [-0.3, -0.25) is 9.59 Å². The van der Waals surface area contributed by atoms with Crippen LogP contribution in [0.2, 0.25) is 0 Å². The summed E-state index contributed by atoms with van der Waals surface area (Å²) in [5.74, 6) is -2.00. The van der Waals surface area contributed by atoms with Crippen LogP contribution in [0, 0.1) is 5.92 Å². The first-order chi connectivity index (χ1) is 10.9. The van der Waals surface area contributed by atoms with Gasteiger partial charge in [0.1, 0.15) is 5.75 Å². The van der Waals surface area contributed by atoms with Crippen molar-refractivity contribution in [1.29, 1.82) is 0 Å². The highest BCUT2D eigenvalue weighted by molar-refractivity contribution is 5.96. The van der Waals surface area contributed by atoms with E-state index < -0.39 is 23.6 Å². The molecule has 0 spiro atoms. The second-order valence-electron chi connectivity index (χ2n) is 6.24. The Morgan fingerprint density at radius 1 is 1.00 bits per heavy atom. The molecule has 0 radical (unpaired) electrons. The van der Waals surface area contributed by atoms with Gasteiger partial charge in [0.15, 0.2) is 5.92 Å². The Hall–Kier alpha value is -2.04. The number of carbonyl (C=O) groups excluding carboxylic acids is 2. The van der Waals surface area contributed by atoms with Crippen molar-refractivity contribution in [2.24, 2.45) is 5.92 Å². The Balaban J connectivity index is 1.69. The number of carbonyl (C=O) groups is 2. The molecule has 5 heteroatoms. The smallest absolute Gasteiger partial charge is 0.323 e. The van der Waals surface area contributed by atoms with Crippen molar-refractivity contribution < 1.29 is 23.8 Å². The largest absolute Gasteiger partial charge is 0.497 e. The predicted octanol–water partition coefficient (Wildman–Crippen LogP) is 3.25. The molecule has 126 valence electrons. The minimum atomic E-state index is -1.14. The summed E-state index contributed by atoms with van der Waals surface area (Å²) in [4.78, 5) is 23.7. The van der Waals surface area contributed by atoms with Gasteiger partial charge in [-0.05, 0) is 37.0 Å². The van der Waals surface area contributed by atoms with Gasteiger partial charge in [-0.25, -0.2) is 0 Å². The maximum Gasteiger partial charge on any atom is 0.323 e. The summed E-state index contributed by atoms with van der Waals surface area (Å²) in [5, 5.41) is 0. The minimum Gasteiger partial charge on any atom is -0.497 e. The molecule has 1 aromatic carbocycles. The molecule has 0 aromatic heterocycles. The number of esters is 2. The van der Waals surface area contributed by atoms with Crippen molar-refractivity contribution in [3.63, 3.8) is 0 Å². The van der Waals surface area contributed by atoms with Gasteiger partial charge in [-0.1, -0.05) is 25.0 Å². The predicted molar refractivity (Wildman–Crippen MR) is 84.9 cm³/mol. The van der Waals surface area contributed by atoms with Gasteiger partial charge in [0.25, 0.3) is 5.79 Å². The highest BCUT2D eigenvalue weighted by Crippen LogP contribution is 2.26. The third-order valence-electron chi connectivity index (χ3n) is 3.88. The first-order valence-electron chi connectivity index (χ1n) is 8.00. The number of aryl methyl sites for hydroxylation is 1. The van der Waals surface area contributed by atoms with Crippen LogP contribution >= 0.6 is 0 Å². The molecular weight excluding hydrogens is 296 g/mol. The third-order valence-corrected chi connectivity index (χ3v) is 3.88. The van der Waals surface area contributed by atoms with Gasteiger partial charge < -0.3 is 14.2 Å². The van der Waals surface area contributed by atoms with Crippen LogP contribution in [0.3, 0.4) is 0 Å². The molecule has 1 saturated heterocycles. The highest BCUT2D eigenvalue weighted by Gasteiger charge is 2.42. The zero-order valence-corrected chi connectivity index (χ0v) is 14.0. The van der Waals surface area contributed by atoms with Crippen LogP contribution in [-0.4, -0.2) is 24.8 Å². The Kier molecular flexibility index (Phi) is 5.64. The van der Waals surface area contributed by atoms with Gasteiger partial charge in [-0.15, -0.1) is 0 Å². The van der Waals surface area contributed by atoms with Crippen LogP contribution in [-0.2, 0) is 25.5 Å². The first-order valence-corrected chi connectivity index (χ1v) is 8.00. The number of unbranched alkanes of at least 4 members (excludes halogenated alkanes) is 2. The molecule has 1 fully saturated rings. The number of benzene rings is 1. The zero-order chi connectivity index (χ0) is 16.9. The summed E-state index contributed by atoms with van der Waals surface area (Å²) in [6.45, 7) is 3.13. The zero-order valence-electron chi connectivity index (χ0n) is 14.0. The lowest BCUT2D eigenvalue weighted by Gasteiger charge is -2.32.